The molecule has 0 radical (unpaired) electrons. The summed E-state index contributed by atoms with van der Waals surface area (Å²) in [5.41, 5.74) is 2.58. The number of carbonyl (C=O) groups is 2. The number of hydrogen-bond acceptors (Lipinski definition) is 6. The normalized spacial score (nSPS) is 13.1. The number of quaternary nitrogens is 2. The maximum absolute atomic E-state index is 11.9. The van der Waals surface area contributed by atoms with Gasteiger partial charge < -0.3 is 21.0 Å². The fraction of sp³-hybridized carbons (Fsp3) is 0.0769. The van der Waals surface area contributed by atoms with E-state index >= 15 is 0 Å². The van der Waals surface area contributed by atoms with E-state index < -0.39 is 10.5 Å². The van der Waals surface area contributed by atoms with Gasteiger partial charge in [0.1, 0.15) is 0 Å². The second-order valence-corrected chi connectivity index (χ2v) is 7.84. The first-order chi connectivity index (χ1) is 17.2. The van der Waals surface area contributed by atoms with Crippen molar-refractivity contribution in [1.29, 1.82) is 0 Å². The van der Waals surface area contributed by atoms with Gasteiger partial charge in [-0.2, -0.15) is 10.5 Å². The van der Waals surface area contributed by atoms with Crippen LogP contribution in [0.4, 0.5) is 22.7 Å². The van der Waals surface area contributed by atoms with Gasteiger partial charge >= 0.3 is 0 Å². The van der Waals surface area contributed by atoms with E-state index in [0.717, 1.165) is 6.07 Å². The smallest absolute Gasteiger partial charge is 0.221 e. The van der Waals surface area contributed by atoms with Gasteiger partial charge in [0, 0.05) is 36.3 Å². The third kappa shape index (κ3) is 6.93. The Hall–Kier alpha value is -4.16. The molecular weight excluding hydrogens is 464 g/mol. The number of hydrogen-bond donors (Lipinski definition) is 6. The Bertz CT molecular complexity index is 1220. The van der Waals surface area contributed by atoms with Crippen molar-refractivity contribution in [2.45, 2.75) is 13.8 Å². The second-order valence-electron chi connectivity index (χ2n) is 7.84. The highest BCUT2D eigenvalue weighted by Gasteiger charge is 2.17. The Morgan fingerprint density at radius 1 is 0.667 bits per heavy atom. The standard InChI is InChI=1S/C26H26N4O6/c1-17(31)27-23-9-5-3-7-19(23)11-13-21-15-22(26(30(35)36)16-25(21)29(33)34)14-12-20-8-4-6-10-24(20)28-18(2)32/h3-16,29-30,33,35H,1-2H3,(H,27,31)(H,28,32). The van der Waals surface area contributed by atoms with E-state index in [0.29, 0.717) is 22.5 Å². The summed E-state index contributed by atoms with van der Waals surface area (Å²) < 4.78 is 0. The summed E-state index contributed by atoms with van der Waals surface area (Å²) in [6.45, 7) is 2.77. The van der Waals surface area contributed by atoms with Gasteiger partial charge in [0.05, 0.1) is 6.07 Å². The van der Waals surface area contributed by atoms with E-state index in [2.05, 4.69) is 10.6 Å². The van der Waals surface area contributed by atoms with Crippen molar-refractivity contribution in [3.8, 4) is 0 Å². The molecule has 0 fully saturated rings. The van der Waals surface area contributed by atoms with Crippen LogP contribution in [-0.2, 0) is 9.59 Å². The highest BCUT2D eigenvalue weighted by Crippen LogP contribution is 2.27. The highest BCUT2D eigenvalue weighted by atomic mass is 16.8. The molecule has 6 N–H and O–H groups in total. The van der Waals surface area contributed by atoms with Gasteiger partial charge in [-0.1, -0.05) is 48.6 Å². The zero-order chi connectivity index (χ0) is 26.2. The largest absolute Gasteiger partial charge is 0.595 e. The van der Waals surface area contributed by atoms with Crippen molar-refractivity contribution < 1.29 is 30.5 Å². The molecule has 3 rings (SSSR count). The van der Waals surface area contributed by atoms with E-state index in [9.17, 15) is 30.4 Å². The van der Waals surface area contributed by atoms with Gasteiger partial charge in [-0.3, -0.25) is 9.59 Å². The summed E-state index contributed by atoms with van der Waals surface area (Å²) in [7, 11) is 0. The van der Waals surface area contributed by atoms with Crippen LogP contribution in [0.15, 0.2) is 60.7 Å². The SMILES string of the molecule is CC(=O)Nc1ccccc1C=Cc1cc(C=Cc2ccccc2NC(C)=O)c([NH+]([O-])O)cc1[NH+]([O-])O. The van der Waals surface area contributed by atoms with Crippen molar-refractivity contribution in [2.75, 3.05) is 10.6 Å². The molecule has 3 aromatic rings. The first-order valence-corrected chi connectivity index (χ1v) is 10.9. The first-order valence-electron chi connectivity index (χ1n) is 10.9. The molecule has 3 aromatic carbocycles. The Balaban J connectivity index is 2.08. The lowest BCUT2D eigenvalue weighted by Crippen LogP contribution is -3.01. The minimum Gasteiger partial charge on any atom is -0.595 e. The van der Waals surface area contributed by atoms with Crippen molar-refractivity contribution in [1.82, 2.24) is 0 Å². The van der Waals surface area contributed by atoms with Crippen LogP contribution < -0.4 is 21.1 Å². The van der Waals surface area contributed by atoms with E-state index in [1.54, 1.807) is 72.8 Å². The number of anilines is 2. The molecule has 0 bridgehead atoms. The minimum atomic E-state index is -1.28. The molecule has 2 amide bonds. The topological polar surface area (TPSA) is 154 Å². The molecule has 0 aliphatic rings. The Labute approximate surface area is 207 Å². The summed E-state index contributed by atoms with van der Waals surface area (Å²) in [6, 6.07) is 16.6. The average molecular weight is 491 g/mol. The van der Waals surface area contributed by atoms with Crippen LogP contribution in [0.1, 0.15) is 36.1 Å². The van der Waals surface area contributed by atoms with Gasteiger partial charge in [-0.15, -0.1) is 0 Å². The van der Waals surface area contributed by atoms with Crippen molar-refractivity contribution in [2.24, 2.45) is 0 Å². The lowest BCUT2D eigenvalue weighted by molar-refractivity contribution is -0.996. The predicted molar refractivity (Wildman–Crippen MR) is 137 cm³/mol. The second kappa shape index (κ2) is 12.0. The van der Waals surface area contributed by atoms with Gasteiger partial charge in [-0.25, -0.2) is 10.4 Å². The third-order valence-corrected chi connectivity index (χ3v) is 5.11. The average Bonchev–Trinajstić information content (AvgIpc) is 2.81. The first kappa shape index (κ1) is 26.4. The molecule has 2 unspecified atom stereocenters. The van der Waals surface area contributed by atoms with Crippen molar-refractivity contribution in [3.05, 3.63) is 93.3 Å². The Kier molecular flexibility index (Phi) is 8.81. The summed E-state index contributed by atoms with van der Waals surface area (Å²) >= 11 is 0. The molecule has 10 nitrogen and oxygen atoms in total. The lowest BCUT2D eigenvalue weighted by atomic mass is 10.0. The molecule has 36 heavy (non-hydrogen) atoms. The predicted octanol–water partition coefficient (Wildman–Crippen LogP) is 2.75. The van der Waals surface area contributed by atoms with Gasteiger partial charge in [0.2, 0.25) is 11.8 Å². The maximum Gasteiger partial charge on any atom is 0.221 e. The van der Waals surface area contributed by atoms with Gasteiger partial charge in [0.15, 0.2) is 11.4 Å². The highest BCUT2D eigenvalue weighted by molar-refractivity contribution is 5.94. The van der Waals surface area contributed by atoms with Gasteiger partial charge in [0.25, 0.3) is 0 Å². The third-order valence-electron chi connectivity index (χ3n) is 5.11. The molecule has 0 saturated heterocycles. The number of benzene rings is 3. The van der Waals surface area contributed by atoms with Crippen LogP contribution in [0, 0.1) is 10.4 Å². The van der Waals surface area contributed by atoms with Gasteiger partial charge in [-0.05, 0) is 41.5 Å². The van der Waals surface area contributed by atoms with E-state index in [4.69, 9.17) is 0 Å². The number of carbonyl (C=O) groups excluding carboxylic acids is 2. The minimum absolute atomic E-state index is 0.184. The fourth-order valence-corrected chi connectivity index (χ4v) is 3.53. The molecule has 0 saturated carbocycles. The Morgan fingerprint density at radius 3 is 1.39 bits per heavy atom. The van der Waals surface area contributed by atoms with E-state index in [1.165, 1.54) is 19.9 Å². The molecule has 0 aliphatic heterocycles. The maximum atomic E-state index is 11.9. The van der Waals surface area contributed by atoms with Crippen LogP contribution in [0.5, 0.6) is 0 Å². The van der Waals surface area contributed by atoms with Crippen LogP contribution in [-0.4, -0.2) is 22.2 Å². The zero-order valence-corrected chi connectivity index (χ0v) is 19.6. The summed E-state index contributed by atoms with van der Waals surface area (Å²) in [5.74, 6) is -0.500. The fourth-order valence-electron chi connectivity index (χ4n) is 3.53. The molecule has 0 heterocycles. The quantitative estimate of drug-likeness (QED) is 0.211. The molecule has 0 aliphatic carbocycles. The summed E-state index contributed by atoms with van der Waals surface area (Å²) in [4.78, 5) is 23.0. The molecule has 10 heteroatoms. The summed E-state index contributed by atoms with van der Waals surface area (Å²) in [5, 5.41) is 46.1. The Morgan fingerprint density at radius 2 is 1.03 bits per heavy atom. The van der Waals surface area contributed by atoms with Crippen LogP contribution >= 0.6 is 0 Å². The molecule has 0 spiro atoms. The van der Waals surface area contributed by atoms with Crippen LogP contribution in [0.3, 0.4) is 0 Å². The molecule has 186 valence electrons. The van der Waals surface area contributed by atoms with Crippen molar-refractivity contribution in [3.63, 3.8) is 0 Å². The van der Waals surface area contributed by atoms with Crippen LogP contribution in [0.25, 0.3) is 24.3 Å². The van der Waals surface area contributed by atoms with Crippen LogP contribution in [0.2, 0.25) is 0 Å². The molecule has 0 aromatic heterocycles. The molecular formula is C26H26N4O6. The summed E-state index contributed by atoms with van der Waals surface area (Å²) in [6.07, 6.45) is 6.40. The van der Waals surface area contributed by atoms with E-state index in [-0.39, 0.29) is 34.3 Å². The van der Waals surface area contributed by atoms with E-state index in [1.807, 2.05) is 0 Å². The number of rotatable bonds is 8. The van der Waals surface area contributed by atoms with Crippen molar-refractivity contribution >= 4 is 58.9 Å². The number of amides is 2. The molecule has 2 atom stereocenters. The number of para-hydroxylation sites is 2. The lowest BCUT2D eigenvalue weighted by Gasteiger charge is -2.19. The number of nitrogens with one attached hydrogen (secondary N) is 4. The monoisotopic (exact) mass is 490 g/mol. The zero-order valence-electron chi connectivity index (χ0n) is 19.6.